The SMILES string of the molecule is COc1ccc(CC=NOCCOC2CCCCO2)cc1. The summed E-state index contributed by atoms with van der Waals surface area (Å²) in [6.45, 7) is 1.75. The van der Waals surface area contributed by atoms with Crippen LogP contribution in [0.2, 0.25) is 0 Å². The van der Waals surface area contributed by atoms with E-state index in [0.29, 0.717) is 13.2 Å². The summed E-state index contributed by atoms with van der Waals surface area (Å²) in [5.41, 5.74) is 1.16. The van der Waals surface area contributed by atoms with E-state index in [9.17, 15) is 0 Å². The molecule has 1 atom stereocenters. The Labute approximate surface area is 125 Å². The first-order chi connectivity index (χ1) is 10.4. The summed E-state index contributed by atoms with van der Waals surface area (Å²) in [6, 6.07) is 7.88. The molecule has 0 bridgehead atoms. The standard InChI is InChI=1S/C16H23NO4/c1-18-15-7-5-14(6-8-15)9-10-17-21-13-12-20-16-4-2-3-11-19-16/h5-8,10,16H,2-4,9,11-13H2,1H3. The molecule has 0 spiro atoms. The third-order valence-corrected chi connectivity index (χ3v) is 3.25. The molecule has 1 heterocycles. The molecule has 1 aliphatic rings. The highest BCUT2D eigenvalue weighted by molar-refractivity contribution is 5.60. The predicted molar refractivity (Wildman–Crippen MR) is 80.7 cm³/mol. The van der Waals surface area contributed by atoms with E-state index in [1.165, 1.54) is 6.42 Å². The fraction of sp³-hybridized carbons (Fsp3) is 0.562. The molecule has 1 aromatic carbocycles. The summed E-state index contributed by atoms with van der Waals surface area (Å²) in [7, 11) is 1.66. The summed E-state index contributed by atoms with van der Waals surface area (Å²) in [5, 5.41) is 3.91. The second-order valence-electron chi connectivity index (χ2n) is 4.84. The minimum Gasteiger partial charge on any atom is -0.497 e. The van der Waals surface area contributed by atoms with E-state index in [2.05, 4.69) is 5.16 Å². The van der Waals surface area contributed by atoms with E-state index in [1.54, 1.807) is 13.3 Å². The number of hydrogen-bond acceptors (Lipinski definition) is 5. The third-order valence-electron chi connectivity index (χ3n) is 3.25. The van der Waals surface area contributed by atoms with Crippen molar-refractivity contribution in [3.63, 3.8) is 0 Å². The molecular formula is C16H23NO4. The smallest absolute Gasteiger partial charge is 0.157 e. The number of methoxy groups -OCH3 is 1. The molecule has 1 aliphatic heterocycles. The molecule has 0 radical (unpaired) electrons. The average Bonchev–Trinajstić information content (AvgIpc) is 2.55. The molecule has 1 aromatic rings. The maximum absolute atomic E-state index is 5.54. The quantitative estimate of drug-likeness (QED) is 0.420. The van der Waals surface area contributed by atoms with Gasteiger partial charge in [-0.15, -0.1) is 0 Å². The Kier molecular flexibility index (Phi) is 7.04. The largest absolute Gasteiger partial charge is 0.497 e. The van der Waals surface area contributed by atoms with Gasteiger partial charge in [-0.3, -0.25) is 0 Å². The van der Waals surface area contributed by atoms with Gasteiger partial charge in [0.05, 0.1) is 13.7 Å². The van der Waals surface area contributed by atoms with Crippen molar-refractivity contribution in [3.8, 4) is 5.75 Å². The molecule has 0 aliphatic carbocycles. The second-order valence-corrected chi connectivity index (χ2v) is 4.84. The highest BCUT2D eigenvalue weighted by Gasteiger charge is 2.13. The number of ether oxygens (including phenoxy) is 3. The zero-order valence-corrected chi connectivity index (χ0v) is 12.5. The summed E-state index contributed by atoms with van der Waals surface area (Å²) >= 11 is 0. The van der Waals surface area contributed by atoms with Gasteiger partial charge in [-0.25, -0.2) is 0 Å². The predicted octanol–water partition coefficient (Wildman–Crippen LogP) is 2.78. The van der Waals surface area contributed by atoms with Gasteiger partial charge in [0.25, 0.3) is 0 Å². The van der Waals surface area contributed by atoms with Crippen molar-refractivity contribution in [2.75, 3.05) is 26.9 Å². The van der Waals surface area contributed by atoms with Crippen molar-refractivity contribution >= 4 is 6.21 Å². The maximum Gasteiger partial charge on any atom is 0.157 e. The van der Waals surface area contributed by atoms with E-state index in [-0.39, 0.29) is 6.29 Å². The van der Waals surface area contributed by atoms with Gasteiger partial charge in [0.15, 0.2) is 6.29 Å². The van der Waals surface area contributed by atoms with Crippen molar-refractivity contribution in [3.05, 3.63) is 29.8 Å². The summed E-state index contributed by atoms with van der Waals surface area (Å²) in [6.07, 6.45) is 5.69. The molecule has 5 heteroatoms. The Bertz CT molecular complexity index is 413. The first-order valence-electron chi connectivity index (χ1n) is 7.38. The Morgan fingerprint density at radius 2 is 2.10 bits per heavy atom. The zero-order valence-electron chi connectivity index (χ0n) is 12.5. The first-order valence-corrected chi connectivity index (χ1v) is 7.38. The van der Waals surface area contributed by atoms with E-state index < -0.39 is 0 Å². The average molecular weight is 293 g/mol. The highest BCUT2D eigenvalue weighted by atomic mass is 16.7. The molecule has 21 heavy (non-hydrogen) atoms. The van der Waals surface area contributed by atoms with Crippen LogP contribution in [-0.4, -0.2) is 39.4 Å². The van der Waals surface area contributed by atoms with Crippen LogP contribution >= 0.6 is 0 Å². The normalized spacial score (nSPS) is 18.8. The second kappa shape index (κ2) is 9.37. The Balaban J connectivity index is 1.53. The molecular weight excluding hydrogens is 270 g/mol. The van der Waals surface area contributed by atoms with Crippen LogP contribution in [0.25, 0.3) is 0 Å². The number of nitrogens with zero attached hydrogens (tertiary/aromatic N) is 1. The Hall–Kier alpha value is -1.59. The van der Waals surface area contributed by atoms with Crippen molar-refractivity contribution in [1.29, 1.82) is 0 Å². The molecule has 0 amide bonds. The van der Waals surface area contributed by atoms with Gasteiger partial charge >= 0.3 is 0 Å². The van der Waals surface area contributed by atoms with Gasteiger partial charge in [-0.2, -0.15) is 0 Å². The number of benzene rings is 1. The van der Waals surface area contributed by atoms with E-state index >= 15 is 0 Å². The van der Waals surface area contributed by atoms with Crippen molar-refractivity contribution in [1.82, 2.24) is 0 Å². The van der Waals surface area contributed by atoms with Crippen LogP contribution in [0.15, 0.2) is 29.4 Å². The number of rotatable bonds is 8. The van der Waals surface area contributed by atoms with Crippen LogP contribution in [0.4, 0.5) is 0 Å². The topological polar surface area (TPSA) is 49.3 Å². The molecule has 1 fully saturated rings. The van der Waals surface area contributed by atoms with Gasteiger partial charge in [0.2, 0.25) is 0 Å². The van der Waals surface area contributed by atoms with Crippen LogP contribution in [0.1, 0.15) is 24.8 Å². The maximum atomic E-state index is 5.54. The van der Waals surface area contributed by atoms with Crippen molar-refractivity contribution < 1.29 is 19.0 Å². The summed E-state index contributed by atoms with van der Waals surface area (Å²) < 4.78 is 16.1. The van der Waals surface area contributed by atoms with Crippen molar-refractivity contribution in [2.45, 2.75) is 32.0 Å². The van der Waals surface area contributed by atoms with Crippen LogP contribution in [-0.2, 0) is 20.7 Å². The van der Waals surface area contributed by atoms with Gasteiger partial charge in [-0.1, -0.05) is 17.3 Å². The molecule has 116 valence electrons. The minimum absolute atomic E-state index is 0.0642. The minimum atomic E-state index is -0.0642. The lowest BCUT2D eigenvalue weighted by molar-refractivity contribution is -0.169. The van der Waals surface area contributed by atoms with Gasteiger partial charge in [0, 0.05) is 19.2 Å². The molecule has 2 rings (SSSR count). The van der Waals surface area contributed by atoms with Crippen LogP contribution in [0, 0.1) is 0 Å². The summed E-state index contributed by atoms with van der Waals surface area (Å²) in [5.74, 6) is 0.856. The fourth-order valence-corrected chi connectivity index (χ4v) is 2.07. The first kappa shape index (κ1) is 15.8. The van der Waals surface area contributed by atoms with E-state index in [1.807, 2.05) is 24.3 Å². The molecule has 0 aromatic heterocycles. The molecule has 0 saturated carbocycles. The highest BCUT2D eigenvalue weighted by Crippen LogP contribution is 2.13. The third kappa shape index (κ3) is 6.14. The Morgan fingerprint density at radius 3 is 2.81 bits per heavy atom. The number of oxime groups is 1. The van der Waals surface area contributed by atoms with Crippen LogP contribution in [0.3, 0.4) is 0 Å². The summed E-state index contributed by atoms with van der Waals surface area (Å²) in [4.78, 5) is 5.16. The number of hydrogen-bond donors (Lipinski definition) is 0. The van der Waals surface area contributed by atoms with Crippen molar-refractivity contribution in [2.24, 2.45) is 5.16 Å². The van der Waals surface area contributed by atoms with E-state index in [4.69, 9.17) is 19.0 Å². The Morgan fingerprint density at radius 1 is 1.24 bits per heavy atom. The zero-order chi connectivity index (χ0) is 14.8. The lowest BCUT2D eigenvalue weighted by atomic mass is 10.2. The molecule has 5 nitrogen and oxygen atoms in total. The van der Waals surface area contributed by atoms with Gasteiger partial charge in [0.1, 0.15) is 12.4 Å². The van der Waals surface area contributed by atoms with Gasteiger partial charge in [-0.05, 0) is 37.0 Å². The van der Waals surface area contributed by atoms with Gasteiger partial charge < -0.3 is 19.0 Å². The molecule has 1 unspecified atom stereocenters. The van der Waals surface area contributed by atoms with E-state index in [0.717, 1.165) is 37.2 Å². The molecule has 1 saturated heterocycles. The lowest BCUT2D eigenvalue weighted by Crippen LogP contribution is -2.23. The fourth-order valence-electron chi connectivity index (χ4n) is 2.07. The molecule has 0 N–H and O–H groups in total. The monoisotopic (exact) mass is 293 g/mol. The van der Waals surface area contributed by atoms with Crippen LogP contribution < -0.4 is 4.74 Å². The lowest BCUT2D eigenvalue weighted by Gasteiger charge is -2.22. The van der Waals surface area contributed by atoms with Crippen LogP contribution in [0.5, 0.6) is 5.75 Å².